The fraction of sp³-hybridized carbons (Fsp3) is 0.625. The Bertz CT molecular complexity index is 738. The maximum Gasteiger partial charge on any atom is 0.405 e. The molecule has 1 aromatic carbocycles. The third-order valence-electron chi connectivity index (χ3n) is 4.32. The van der Waals surface area contributed by atoms with Gasteiger partial charge in [-0.05, 0) is 31.0 Å². The Morgan fingerprint density at radius 1 is 1.26 bits per heavy atom. The Morgan fingerprint density at radius 3 is 2.37 bits per heavy atom. The molecule has 2 rings (SSSR count). The van der Waals surface area contributed by atoms with Crippen molar-refractivity contribution in [1.82, 2.24) is 14.9 Å². The molecular formula is C16H25ClF3N3O3S. The van der Waals surface area contributed by atoms with E-state index in [2.05, 4.69) is 10.0 Å². The van der Waals surface area contributed by atoms with Crippen LogP contribution in [0.1, 0.15) is 11.1 Å². The van der Waals surface area contributed by atoms with Gasteiger partial charge in [-0.2, -0.15) is 13.2 Å². The number of sulfonamides is 1. The predicted octanol–water partition coefficient (Wildman–Crippen LogP) is 1.85. The summed E-state index contributed by atoms with van der Waals surface area (Å²) in [6.07, 6.45) is -4.54. The molecule has 1 aliphatic heterocycles. The van der Waals surface area contributed by atoms with Crippen molar-refractivity contribution >= 4 is 22.4 Å². The van der Waals surface area contributed by atoms with Gasteiger partial charge in [0, 0.05) is 32.7 Å². The largest absolute Gasteiger partial charge is 0.495 e. The SMILES string of the molecule is COc1c(C)cc(C)cc1S(=O)(=O)NCC(N1CCNCC1)C(F)(F)F.Cl. The Kier molecular flexibility index (Phi) is 8.36. The number of methoxy groups -OCH3 is 1. The molecule has 27 heavy (non-hydrogen) atoms. The number of nitrogens with one attached hydrogen (secondary N) is 2. The highest BCUT2D eigenvalue weighted by Crippen LogP contribution is 2.30. The van der Waals surface area contributed by atoms with Gasteiger partial charge in [-0.1, -0.05) is 6.07 Å². The Morgan fingerprint density at radius 2 is 1.85 bits per heavy atom. The van der Waals surface area contributed by atoms with E-state index in [0.29, 0.717) is 24.2 Å². The van der Waals surface area contributed by atoms with E-state index < -0.39 is 28.8 Å². The molecule has 1 atom stereocenters. The van der Waals surface area contributed by atoms with Crippen LogP contribution in [-0.4, -0.2) is 65.4 Å². The van der Waals surface area contributed by atoms with Gasteiger partial charge in [-0.25, -0.2) is 13.1 Å². The zero-order chi connectivity index (χ0) is 19.5. The van der Waals surface area contributed by atoms with E-state index in [1.165, 1.54) is 18.1 Å². The predicted molar refractivity (Wildman–Crippen MR) is 99.2 cm³/mol. The second-order valence-electron chi connectivity index (χ2n) is 6.31. The average molecular weight is 432 g/mol. The maximum atomic E-state index is 13.4. The van der Waals surface area contributed by atoms with E-state index in [1.54, 1.807) is 19.9 Å². The van der Waals surface area contributed by atoms with Crippen molar-refractivity contribution in [2.75, 3.05) is 39.8 Å². The average Bonchev–Trinajstić information content (AvgIpc) is 2.54. The normalized spacial score (nSPS) is 17.3. The minimum absolute atomic E-state index is 0. The molecule has 1 saturated heterocycles. The highest BCUT2D eigenvalue weighted by atomic mass is 35.5. The van der Waals surface area contributed by atoms with Crippen LogP contribution in [-0.2, 0) is 10.0 Å². The Hall–Kier alpha value is -1.07. The number of nitrogens with zero attached hydrogens (tertiary/aromatic N) is 1. The molecule has 11 heteroatoms. The van der Waals surface area contributed by atoms with E-state index >= 15 is 0 Å². The molecule has 0 amide bonds. The summed E-state index contributed by atoms with van der Waals surface area (Å²) in [6, 6.07) is 1.26. The second-order valence-corrected chi connectivity index (χ2v) is 8.04. The molecule has 0 bridgehead atoms. The van der Waals surface area contributed by atoms with Crippen LogP contribution in [0, 0.1) is 13.8 Å². The summed E-state index contributed by atoms with van der Waals surface area (Å²) in [6.45, 7) is 3.93. The first-order valence-electron chi connectivity index (χ1n) is 8.22. The van der Waals surface area contributed by atoms with Crippen molar-refractivity contribution in [1.29, 1.82) is 0 Å². The molecule has 0 aromatic heterocycles. The standard InChI is InChI=1S/C16H24F3N3O3S.ClH/c1-11-8-12(2)15(25-3)13(9-11)26(23,24)21-10-14(16(17,18)19)22-6-4-20-5-7-22;/h8-9,14,20-21H,4-7,10H2,1-3H3;1H. The second kappa shape index (κ2) is 9.42. The van der Waals surface area contributed by atoms with Gasteiger partial charge in [-0.3, -0.25) is 4.90 Å². The molecule has 1 aromatic rings. The molecule has 0 radical (unpaired) electrons. The minimum atomic E-state index is -4.54. The quantitative estimate of drug-likeness (QED) is 0.719. The van der Waals surface area contributed by atoms with Gasteiger partial charge in [0.05, 0.1) is 7.11 Å². The van der Waals surface area contributed by atoms with Gasteiger partial charge in [0.25, 0.3) is 0 Å². The zero-order valence-corrected chi connectivity index (χ0v) is 17.0. The van der Waals surface area contributed by atoms with Crippen LogP contribution in [0.2, 0.25) is 0 Å². The number of rotatable bonds is 6. The Labute approximate surface area is 163 Å². The van der Waals surface area contributed by atoms with Crippen LogP contribution in [0.5, 0.6) is 5.75 Å². The highest BCUT2D eigenvalue weighted by molar-refractivity contribution is 7.89. The van der Waals surface area contributed by atoms with E-state index in [0.717, 1.165) is 0 Å². The summed E-state index contributed by atoms with van der Waals surface area (Å²) in [5, 5.41) is 2.98. The molecule has 1 unspecified atom stereocenters. The molecule has 2 N–H and O–H groups in total. The molecule has 0 aliphatic carbocycles. The molecule has 156 valence electrons. The first-order valence-corrected chi connectivity index (χ1v) is 9.71. The molecule has 0 saturated carbocycles. The van der Waals surface area contributed by atoms with Crippen LogP contribution in [0.4, 0.5) is 13.2 Å². The summed E-state index contributed by atoms with van der Waals surface area (Å²) < 4.78 is 72.9. The fourth-order valence-electron chi connectivity index (χ4n) is 3.09. The summed E-state index contributed by atoms with van der Waals surface area (Å²) >= 11 is 0. The first-order chi connectivity index (χ1) is 12.1. The third kappa shape index (κ3) is 5.95. The molecule has 1 aliphatic rings. The van der Waals surface area contributed by atoms with Gasteiger partial charge in [0.1, 0.15) is 16.7 Å². The summed E-state index contributed by atoms with van der Waals surface area (Å²) in [5.41, 5.74) is 1.28. The van der Waals surface area contributed by atoms with Crippen molar-refractivity contribution in [3.05, 3.63) is 23.3 Å². The van der Waals surface area contributed by atoms with Crippen LogP contribution in [0.3, 0.4) is 0 Å². The van der Waals surface area contributed by atoms with E-state index in [9.17, 15) is 21.6 Å². The lowest BCUT2D eigenvalue weighted by Crippen LogP contribution is -2.57. The number of ether oxygens (including phenoxy) is 1. The number of aryl methyl sites for hydroxylation is 2. The zero-order valence-electron chi connectivity index (χ0n) is 15.4. The lowest BCUT2D eigenvalue weighted by Gasteiger charge is -2.35. The smallest absolute Gasteiger partial charge is 0.405 e. The Balaban J connectivity index is 0.00000364. The number of alkyl halides is 3. The summed E-state index contributed by atoms with van der Waals surface area (Å²) in [7, 11) is -2.83. The van der Waals surface area contributed by atoms with Crippen LogP contribution < -0.4 is 14.8 Å². The van der Waals surface area contributed by atoms with Gasteiger partial charge in [0.2, 0.25) is 10.0 Å². The van der Waals surface area contributed by atoms with E-state index in [4.69, 9.17) is 4.74 Å². The van der Waals surface area contributed by atoms with Crippen LogP contribution in [0.25, 0.3) is 0 Å². The van der Waals surface area contributed by atoms with Crippen LogP contribution in [0.15, 0.2) is 17.0 Å². The monoisotopic (exact) mass is 431 g/mol. The molecule has 6 nitrogen and oxygen atoms in total. The van der Waals surface area contributed by atoms with Crippen molar-refractivity contribution in [2.24, 2.45) is 0 Å². The third-order valence-corrected chi connectivity index (χ3v) is 5.74. The van der Waals surface area contributed by atoms with Crippen molar-refractivity contribution in [2.45, 2.75) is 31.0 Å². The fourth-order valence-corrected chi connectivity index (χ4v) is 4.45. The van der Waals surface area contributed by atoms with Crippen molar-refractivity contribution < 1.29 is 26.3 Å². The van der Waals surface area contributed by atoms with Crippen molar-refractivity contribution in [3.8, 4) is 5.75 Å². The molecule has 1 fully saturated rings. The van der Waals surface area contributed by atoms with E-state index in [-0.39, 0.29) is 36.1 Å². The number of halogens is 4. The van der Waals surface area contributed by atoms with Gasteiger partial charge in [-0.15, -0.1) is 12.4 Å². The molecule has 1 heterocycles. The highest BCUT2D eigenvalue weighted by Gasteiger charge is 2.44. The number of piperazine rings is 1. The number of benzene rings is 1. The topological polar surface area (TPSA) is 70.7 Å². The van der Waals surface area contributed by atoms with Crippen LogP contribution >= 0.6 is 12.4 Å². The lowest BCUT2D eigenvalue weighted by atomic mass is 10.1. The molecular weight excluding hydrogens is 407 g/mol. The first kappa shape index (κ1) is 24.0. The van der Waals surface area contributed by atoms with Crippen molar-refractivity contribution in [3.63, 3.8) is 0 Å². The number of hydrogen-bond acceptors (Lipinski definition) is 5. The van der Waals surface area contributed by atoms with Gasteiger partial charge >= 0.3 is 6.18 Å². The molecule has 0 spiro atoms. The van der Waals surface area contributed by atoms with Gasteiger partial charge in [0.15, 0.2) is 0 Å². The summed E-state index contributed by atoms with van der Waals surface area (Å²) in [4.78, 5) is 1.09. The number of hydrogen-bond donors (Lipinski definition) is 2. The summed E-state index contributed by atoms with van der Waals surface area (Å²) in [5.74, 6) is 0.133. The minimum Gasteiger partial charge on any atom is -0.495 e. The lowest BCUT2D eigenvalue weighted by molar-refractivity contribution is -0.182. The van der Waals surface area contributed by atoms with E-state index in [1.807, 2.05) is 0 Å². The maximum absolute atomic E-state index is 13.4. The van der Waals surface area contributed by atoms with Gasteiger partial charge < -0.3 is 10.1 Å².